The summed E-state index contributed by atoms with van der Waals surface area (Å²) >= 11 is 0. The lowest BCUT2D eigenvalue weighted by Crippen LogP contribution is -2.41. The molecule has 2 aliphatic rings. The Bertz CT molecular complexity index is 400. The standard InChI is InChI=1S/C14H24N4/c1-17-10-16-9-14(17)13(8-15)18-7-6-11-4-2-3-5-12(11)18/h9-13H,2-8,15H2,1H3. The van der Waals surface area contributed by atoms with E-state index in [-0.39, 0.29) is 0 Å². The number of aromatic nitrogens is 2. The maximum atomic E-state index is 6.05. The van der Waals surface area contributed by atoms with Crippen LogP contribution in [0, 0.1) is 5.92 Å². The Morgan fingerprint density at radius 3 is 2.94 bits per heavy atom. The van der Waals surface area contributed by atoms with Gasteiger partial charge in [0.1, 0.15) is 0 Å². The molecule has 3 unspecified atom stereocenters. The summed E-state index contributed by atoms with van der Waals surface area (Å²) in [7, 11) is 2.07. The summed E-state index contributed by atoms with van der Waals surface area (Å²) in [6, 6.07) is 1.12. The van der Waals surface area contributed by atoms with Gasteiger partial charge in [0.15, 0.2) is 0 Å². The summed E-state index contributed by atoms with van der Waals surface area (Å²) < 4.78 is 2.12. The van der Waals surface area contributed by atoms with Crippen molar-refractivity contribution >= 4 is 0 Å². The van der Waals surface area contributed by atoms with Gasteiger partial charge in [-0.25, -0.2) is 4.98 Å². The van der Waals surface area contributed by atoms with Gasteiger partial charge in [0.05, 0.1) is 18.1 Å². The lowest BCUT2D eigenvalue weighted by molar-refractivity contribution is 0.131. The molecule has 3 atom stereocenters. The molecule has 1 aliphatic heterocycles. The normalized spacial score (nSPS) is 30.3. The maximum Gasteiger partial charge on any atom is 0.0946 e. The van der Waals surface area contributed by atoms with Gasteiger partial charge < -0.3 is 10.3 Å². The zero-order valence-corrected chi connectivity index (χ0v) is 11.3. The van der Waals surface area contributed by atoms with Gasteiger partial charge in [-0.15, -0.1) is 0 Å². The lowest BCUT2D eigenvalue weighted by Gasteiger charge is -2.36. The molecule has 2 fully saturated rings. The van der Waals surface area contributed by atoms with E-state index in [0.29, 0.717) is 12.6 Å². The van der Waals surface area contributed by atoms with Crippen molar-refractivity contribution in [2.75, 3.05) is 13.1 Å². The molecule has 0 bridgehead atoms. The van der Waals surface area contributed by atoms with Gasteiger partial charge in [0, 0.05) is 25.8 Å². The van der Waals surface area contributed by atoms with Crippen LogP contribution in [0.1, 0.15) is 43.8 Å². The van der Waals surface area contributed by atoms with Crippen molar-refractivity contribution in [1.82, 2.24) is 14.5 Å². The molecule has 0 radical (unpaired) electrons. The molecule has 4 heteroatoms. The van der Waals surface area contributed by atoms with Gasteiger partial charge in [0.25, 0.3) is 0 Å². The van der Waals surface area contributed by atoms with Crippen LogP contribution in [0.3, 0.4) is 0 Å². The zero-order valence-electron chi connectivity index (χ0n) is 11.3. The minimum atomic E-state index is 0.352. The van der Waals surface area contributed by atoms with E-state index in [0.717, 1.165) is 12.0 Å². The summed E-state index contributed by atoms with van der Waals surface area (Å²) in [4.78, 5) is 6.90. The molecule has 1 saturated carbocycles. The number of nitrogens with two attached hydrogens (primary N) is 1. The van der Waals surface area contributed by atoms with Crippen LogP contribution in [0.25, 0.3) is 0 Å². The van der Waals surface area contributed by atoms with Crippen LogP contribution in [-0.2, 0) is 7.05 Å². The molecule has 0 amide bonds. The average Bonchev–Trinajstić information content (AvgIpc) is 2.99. The molecule has 0 aromatic carbocycles. The summed E-state index contributed by atoms with van der Waals surface area (Å²) in [5, 5.41) is 0. The van der Waals surface area contributed by atoms with Crippen molar-refractivity contribution in [2.45, 2.75) is 44.2 Å². The number of hydrogen-bond acceptors (Lipinski definition) is 3. The van der Waals surface area contributed by atoms with Crippen molar-refractivity contribution in [2.24, 2.45) is 18.7 Å². The second kappa shape index (κ2) is 5.02. The van der Waals surface area contributed by atoms with E-state index in [1.165, 1.54) is 44.3 Å². The van der Waals surface area contributed by atoms with Crippen molar-refractivity contribution in [3.05, 3.63) is 18.2 Å². The minimum Gasteiger partial charge on any atom is -0.336 e. The number of fused-ring (bicyclic) bond motifs is 1. The number of rotatable bonds is 3. The Kier molecular flexibility index (Phi) is 3.39. The highest BCUT2D eigenvalue weighted by Gasteiger charge is 2.39. The highest BCUT2D eigenvalue weighted by molar-refractivity contribution is 5.08. The first kappa shape index (κ1) is 12.2. The number of imidazole rings is 1. The summed E-state index contributed by atoms with van der Waals surface area (Å²) in [5.41, 5.74) is 7.32. The second-order valence-corrected chi connectivity index (χ2v) is 5.82. The third kappa shape index (κ3) is 1.97. The Morgan fingerprint density at radius 1 is 1.39 bits per heavy atom. The summed E-state index contributed by atoms with van der Waals surface area (Å²) in [6.45, 7) is 1.91. The Morgan fingerprint density at radius 2 is 2.22 bits per heavy atom. The summed E-state index contributed by atoms with van der Waals surface area (Å²) in [6.07, 6.45) is 10.8. The molecule has 4 nitrogen and oxygen atoms in total. The number of nitrogens with zero attached hydrogens (tertiary/aromatic N) is 3. The van der Waals surface area contributed by atoms with Crippen LogP contribution in [0.2, 0.25) is 0 Å². The molecule has 1 aromatic heterocycles. The van der Waals surface area contributed by atoms with Crippen LogP contribution in [0.15, 0.2) is 12.5 Å². The van der Waals surface area contributed by atoms with Crippen molar-refractivity contribution in [3.8, 4) is 0 Å². The predicted octanol–water partition coefficient (Wildman–Crippen LogP) is 1.68. The molecule has 2 N–H and O–H groups in total. The van der Waals surface area contributed by atoms with Crippen LogP contribution in [0.4, 0.5) is 0 Å². The molecule has 100 valence electrons. The minimum absolute atomic E-state index is 0.352. The van der Waals surface area contributed by atoms with E-state index in [2.05, 4.69) is 21.5 Å². The van der Waals surface area contributed by atoms with Crippen molar-refractivity contribution in [3.63, 3.8) is 0 Å². The van der Waals surface area contributed by atoms with Crippen LogP contribution < -0.4 is 5.73 Å². The fraction of sp³-hybridized carbons (Fsp3) is 0.786. The van der Waals surface area contributed by atoms with Gasteiger partial charge in [-0.2, -0.15) is 0 Å². The van der Waals surface area contributed by atoms with Crippen LogP contribution >= 0.6 is 0 Å². The Hall–Kier alpha value is -0.870. The monoisotopic (exact) mass is 248 g/mol. The number of aryl methyl sites for hydroxylation is 1. The molecular weight excluding hydrogens is 224 g/mol. The molecule has 18 heavy (non-hydrogen) atoms. The first-order valence-corrected chi connectivity index (χ1v) is 7.23. The zero-order chi connectivity index (χ0) is 12.5. The molecule has 2 heterocycles. The van der Waals surface area contributed by atoms with E-state index < -0.39 is 0 Å². The van der Waals surface area contributed by atoms with Crippen molar-refractivity contribution < 1.29 is 0 Å². The van der Waals surface area contributed by atoms with E-state index in [1.807, 2.05) is 12.5 Å². The van der Waals surface area contributed by atoms with Gasteiger partial charge in [-0.3, -0.25) is 4.90 Å². The number of hydrogen-bond donors (Lipinski definition) is 1. The Labute approximate surface area is 109 Å². The van der Waals surface area contributed by atoms with E-state index in [1.54, 1.807) is 0 Å². The highest BCUT2D eigenvalue weighted by atomic mass is 15.2. The topological polar surface area (TPSA) is 47.1 Å². The van der Waals surface area contributed by atoms with Gasteiger partial charge >= 0.3 is 0 Å². The third-order valence-corrected chi connectivity index (χ3v) is 4.87. The van der Waals surface area contributed by atoms with Gasteiger partial charge in [0.2, 0.25) is 0 Å². The fourth-order valence-electron chi connectivity index (χ4n) is 3.94. The maximum absolute atomic E-state index is 6.05. The van der Waals surface area contributed by atoms with E-state index >= 15 is 0 Å². The summed E-state index contributed by atoms with van der Waals surface area (Å²) in [5.74, 6) is 0.918. The molecule has 1 aliphatic carbocycles. The lowest BCUT2D eigenvalue weighted by atomic mass is 9.85. The van der Waals surface area contributed by atoms with Gasteiger partial charge in [-0.1, -0.05) is 12.8 Å². The predicted molar refractivity (Wildman–Crippen MR) is 72.1 cm³/mol. The smallest absolute Gasteiger partial charge is 0.0946 e. The van der Waals surface area contributed by atoms with Gasteiger partial charge in [-0.05, 0) is 31.7 Å². The van der Waals surface area contributed by atoms with Crippen molar-refractivity contribution in [1.29, 1.82) is 0 Å². The first-order chi connectivity index (χ1) is 8.81. The molecule has 1 aromatic rings. The SMILES string of the molecule is Cn1cncc1C(CN)N1CCC2CCCCC21. The fourth-order valence-corrected chi connectivity index (χ4v) is 3.94. The quantitative estimate of drug-likeness (QED) is 0.885. The molecule has 1 saturated heterocycles. The van der Waals surface area contributed by atoms with Crippen LogP contribution in [-0.4, -0.2) is 33.6 Å². The first-order valence-electron chi connectivity index (χ1n) is 7.23. The Balaban J connectivity index is 1.82. The largest absolute Gasteiger partial charge is 0.336 e. The number of likely N-dealkylation sites (tertiary alicyclic amines) is 1. The molecule has 3 rings (SSSR count). The highest BCUT2D eigenvalue weighted by Crippen LogP contribution is 2.40. The average molecular weight is 248 g/mol. The van der Waals surface area contributed by atoms with Crippen LogP contribution in [0.5, 0.6) is 0 Å². The van der Waals surface area contributed by atoms with E-state index in [4.69, 9.17) is 5.73 Å². The second-order valence-electron chi connectivity index (χ2n) is 5.82. The third-order valence-electron chi connectivity index (χ3n) is 4.87. The molecular formula is C14H24N4. The van der Waals surface area contributed by atoms with E-state index in [9.17, 15) is 0 Å². The molecule has 0 spiro atoms.